The molecule has 4 N–H and O–H groups in total. The van der Waals surface area contributed by atoms with E-state index in [1.54, 1.807) is 18.2 Å². The smallest absolute Gasteiger partial charge is 0.249 e. The van der Waals surface area contributed by atoms with Crippen LogP contribution in [0.1, 0.15) is 16.8 Å². The molecule has 4 nitrogen and oxygen atoms in total. The number of ether oxygens (including phenoxy) is 1. The quantitative estimate of drug-likeness (QED) is 0.793. The van der Waals surface area contributed by atoms with E-state index in [4.69, 9.17) is 16.2 Å². The van der Waals surface area contributed by atoms with Crippen molar-refractivity contribution in [2.75, 3.05) is 13.2 Å². The monoisotopic (exact) mass is 272 g/mol. The summed E-state index contributed by atoms with van der Waals surface area (Å²) >= 11 is 3.25. The van der Waals surface area contributed by atoms with Gasteiger partial charge in [0.25, 0.3) is 0 Å². The van der Waals surface area contributed by atoms with Gasteiger partial charge in [-0.15, -0.1) is 0 Å². The van der Waals surface area contributed by atoms with Crippen LogP contribution in [0.15, 0.2) is 22.7 Å². The molecule has 0 fully saturated rings. The fourth-order valence-electron chi connectivity index (χ4n) is 1.06. The highest BCUT2D eigenvalue weighted by molar-refractivity contribution is 9.10. The maximum atomic E-state index is 10.9. The minimum Gasteiger partial charge on any atom is -0.494 e. The lowest BCUT2D eigenvalue weighted by atomic mass is 10.2. The Kier molecular flexibility index (Phi) is 4.58. The number of hydrogen-bond donors (Lipinski definition) is 2. The third kappa shape index (κ3) is 3.53. The highest BCUT2D eigenvalue weighted by atomic mass is 79.9. The number of primary amides is 1. The number of carbonyl (C=O) groups is 1. The topological polar surface area (TPSA) is 78.3 Å². The van der Waals surface area contributed by atoms with E-state index in [1.807, 2.05) is 0 Å². The summed E-state index contributed by atoms with van der Waals surface area (Å²) in [5.41, 5.74) is 10.9. The van der Waals surface area contributed by atoms with Crippen molar-refractivity contribution in [3.8, 4) is 5.75 Å². The number of amides is 1. The molecule has 0 heterocycles. The second-order valence-electron chi connectivity index (χ2n) is 3.00. The third-order valence-corrected chi connectivity index (χ3v) is 2.48. The zero-order valence-corrected chi connectivity index (χ0v) is 9.79. The van der Waals surface area contributed by atoms with Crippen LogP contribution in [0.2, 0.25) is 0 Å². The number of hydrogen-bond acceptors (Lipinski definition) is 3. The van der Waals surface area contributed by atoms with Gasteiger partial charge in [-0.05, 0) is 47.1 Å². The van der Waals surface area contributed by atoms with Gasteiger partial charge in [-0.25, -0.2) is 0 Å². The third-order valence-electron chi connectivity index (χ3n) is 1.82. The second-order valence-corrected chi connectivity index (χ2v) is 3.85. The Hall–Kier alpha value is -1.07. The number of rotatable bonds is 5. The number of carbonyl (C=O) groups excluding carboxylic acids is 1. The molecule has 0 unspecified atom stereocenters. The first-order chi connectivity index (χ1) is 7.15. The minimum atomic E-state index is -0.463. The van der Waals surface area contributed by atoms with Crippen LogP contribution in [-0.2, 0) is 0 Å². The molecule has 0 saturated carbocycles. The molecule has 0 radical (unpaired) electrons. The van der Waals surface area contributed by atoms with Gasteiger partial charge in [-0.1, -0.05) is 0 Å². The average molecular weight is 273 g/mol. The van der Waals surface area contributed by atoms with Gasteiger partial charge in [0.1, 0.15) is 5.75 Å². The number of nitrogens with two attached hydrogens (primary N) is 2. The highest BCUT2D eigenvalue weighted by Crippen LogP contribution is 2.22. The normalized spacial score (nSPS) is 10.0. The summed E-state index contributed by atoms with van der Waals surface area (Å²) in [6.07, 6.45) is 0.801. The Morgan fingerprint density at radius 1 is 1.47 bits per heavy atom. The largest absolute Gasteiger partial charge is 0.494 e. The molecule has 15 heavy (non-hydrogen) atoms. The molecule has 0 spiro atoms. The standard InChI is InChI=1S/C10H13BrN2O2/c11-9-6-7(15-5-1-4-12)2-3-8(9)10(13)14/h2-3,6H,1,4-5,12H2,(H2,13,14). The van der Waals surface area contributed by atoms with Crippen molar-refractivity contribution in [2.45, 2.75) is 6.42 Å². The van der Waals surface area contributed by atoms with Gasteiger partial charge in [-0.2, -0.15) is 0 Å². The molecule has 1 rings (SSSR count). The van der Waals surface area contributed by atoms with Gasteiger partial charge >= 0.3 is 0 Å². The van der Waals surface area contributed by atoms with Crippen molar-refractivity contribution in [3.63, 3.8) is 0 Å². The first-order valence-electron chi connectivity index (χ1n) is 4.57. The van der Waals surface area contributed by atoms with E-state index < -0.39 is 5.91 Å². The first-order valence-corrected chi connectivity index (χ1v) is 5.36. The average Bonchev–Trinajstić information content (AvgIpc) is 2.17. The van der Waals surface area contributed by atoms with Crippen LogP contribution < -0.4 is 16.2 Å². The summed E-state index contributed by atoms with van der Waals surface area (Å²) in [7, 11) is 0. The van der Waals surface area contributed by atoms with E-state index in [0.717, 1.165) is 6.42 Å². The second kappa shape index (κ2) is 5.72. The Morgan fingerprint density at radius 3 is 2.73 bits per heavy atom. The van der Waals surface area contributed by atoms with Crippen LogP contribution in [0.5, 0.6) is 5.75 Å². The van der Waals surface area contributed by atoms with Gasteiger partial charge in [-0.3, -0.25) is 4.79 Å². The van der Waals surface area contributed by atoms with Gasteiger partial charge < -0.3 is 16.2 Å². The summed E-state index contributed by atoms with van der Waals surface area (Å²) in [6, 6.07) is 5.06. The van der Waals surface area contributed by atoms with Crippen LogP contribution in [0, 0.1) is 0 Å². The molecule has 0 aliphatic carbocycles. The highest BCUT2D eigenvalue weighted by Gasteiger charge is 2.06. The van der Waals surface area contributed by atoms with Crippen molar-refractivity contribution in [1.29, 1.82) is 0 Å². The van der Waals surface area contributed by atoms with Gasteiger partial charge in [0.05, 0.1) is 12.2 Å². The lowest BCUT2D eigenvalue weighted by molar-refractivity contribution is 0.0999. The Bertz CT molecular complexity index is 355. The lowest BCUT2D eigenvalue weighted by Crippen LogP contribution is -2.11. The summed E-state index contributed by atoms with van der Waals surface area (Å²) in [4.78, 5) is 10.9. The Labute approximate surface area is 96.7 Å². The maximum Gasteiger partial charge on any atom is 0.249 e. The zero-order valence-electron chi connectivity index (χ0n) is 8.20. The van der Waals surface area contributed by atoms with Crippen LogP contribution in [-0.4, -0.2) is 19.1 Å². The molecule has 0 atom stereocenters. The zero-order chi connectivity index (χ0) is 11.3. The molecule has 82 valence electrons. The molecule has 0 aliphatic heterocycles. The summed E-state index contributed by atoms with van der Waals surface area (Å²) in [5.74, 6) is 0.232. The van der Waals surface area contributed by atoms with Crippen LogP contribution in [0.3, 0.4) is 0 Å². The van der Waals surface area contributed by atoms with Crippen molar-refractivity contribution in [2.24, 2.45) is 11.5 Å². The van der Waals surface area contributed by atoms with E-state index in [1.165, 1.54) is 0 Å². The van der Waals surface area contributed by atoms with E-state index in [-0.39, 0.29) is 0 Å². The molecule has 0 bridgehead atoms. The van der Waals surface area contributed by atoms with E-state index in [2.05, 4.69) is 15.9 Å². The fourth-order valence-corrected chi connectivity index (χ4v) is 1.61. The summed E-state index contributed by atoms with van der Waals surface area (Å²) < 4.78 is 6.04. The number of benzene rings is 1. The lowest BCUT2D eigenvalue weighted by Gasteiger charge is -2.07. The van der Waals surface area contributed by atoms with Crippen molar-refractivity contribution < 1.29 is 9.53 Å². The van der Waals surface area contributed by atoms with Crippen LogP contribution in [0.25, 0.3) is 0 Å². The number of halogens is 1. The molecule has 0 saturated heterocycles. The Balaban J connectivity index is 2.69. The van der Waals surface area contributed by atoms with Gasteiger partial charge in [0, 0.05) is 4.47 Å². The van der Waals surface area contributed by atoms with Gasteiger partial charge in [0.15, 0.2) is 0 Å². The molecule has 1 aromatic rings. The molecule has 0 aliphatic rings. The van der Waals surface area contributed by atoms with Gasteiger partial charge in [0.2, 0.25) is 5.91 Å². The SMILES string of the molecule is NCCCOc1ccc(C(N)=O)c(Br)c1. The van der Waals surface area contributed by atoms with E-state index >= 15 is 0 Å². The van der Waals surface area contributed by atoms with Crippen LogP contribution >= 0.6 is 15.9 Å². The molecule has 0 aromatic heterocycles. The molecular formula is C10H13BrN2O2. The van der Waals surface area contributed by atoms with Crippen molar-refractivity contribution >= 4 is 21.8 Å². The molecular weight excluding hydrogens is 260 g/mol. The summed E-state index contributed by atoms with van der Waals surface area (Å²) in [5, 5.41) is 0. The molecule has 1 amide bonds. The fraction of sp³-hybridized carbons (Fsp3) is 0.300. The van der Waals surface area contributed by atoms with Crippen molar-refractivity contribution in [3.05, 3.63) is 28.2 Å². The predicted octanol–water partition coefficient (Wildman–Crippen LogP) is 1.28. The molecule has 1 aromatic carbocycles. The van der Waals surface area contributed by atoms with E-state index in [0.29, 0.717) is 28.9 Å². The summed E-state index contributed by atoms with van der Waals surface area (Å²) in [6.45, 7) is 1.17. The van der Waals surface area contributed by atoms with Crippen molar-refractivity contribution in [1.82, 2.24) is 0 Å². The van der Waals surface area contributed by atoms with E-state index in [9.17, 15) is 4.79 Å². The van der Waals surface area contributed by atoms with Crippen LogP contribution in [0.4, 0.5) is 0 Å². The molecule has 5 heteroatoms. The maximum absolute atomic E-state index is 10.9. The first kappa shape index (κ1) is 12.0. The predicted molar refractivity (Wildman–Crippen MR) is 61.8 cm³/mol. The Morgan fingerprint density at radius 2 is 2.20 bits per heavy atom. The minimum absolute atomic E-state index is 0.446.